The van der Waals surface area contributed by atoms with Crippen molar-refractivity contribution in [1.82, 2.24) is 14.8 Å². The highest BCUT2D eigenvalue weighted by atomic mass is 79.9. The van der Waals surface area contributed by atoms with Crippen LogP contribution in [0.1, 0.15) is 12.5 Å². The van der Waals surface area contributed by atoms with Crippen LogP contribution in [0.2, 0.25) is 0 Å². The highest BCUT2D eigenvalue weighted by Gasteiger charge is 2.07. The lowest BCUT2D eigenvalue weighted by Crippen LogP contribution is -2.23. The SMILES string of the molecule is CCn1ncc(NCc2cccnc2)c(Br)c1=O. The molecule has 2 aromatic heterocycles. The molecular weight excluding hydrogens is 296 g/mol. The zero-order chi connectivity index (χ0) is 13.0. The number of halogens is 1. The molecule has 0 amide bonds. The first-order valence-corrected chi connectivity index (χ1v) is 6.40. The van der Waals surface area contributed by atoms with Gasteiger partial charge in [0.25, 0.3) is 5.56 Å². The largest absolute Gasteiger partial charge is 0.379 e. The fourth-order valence-corrected chi connectivity index (χ4v) is 1.96. The first-order chi connectivity index (χ1) is 8.72. The quantitative estimate of drug-likeness (QED) is 0.939. The Kier molecular flexibility index (Phi) is 4.09. The van der Waals surface area contributed by atoms with Crippen LogP contribution in [0.3, 0.4) is 0 Å². The third kappa shape index (κ3) is 2.76. The third-order valence-electron chi connectivity index (χ3n) is 2.49. The second-order valence-electron chi connectivity index (χ2n) is 3.71. The van der Waals surface area contributed by atoms with E-state index in [1.54, 1.807) is 18.6 Å². The molecule has 0 aliphatic heterocycles. The summed E-state index contributed by atoms with van der Waals surface area (Å²) in [5.41, 5.74) is 1.60. The smallest absolute Gasteiger partial charge is 0.283 e. The van der Waals surface area contributed by atoms with Crippen LogP contribution in [-0.4, -0.2) is 14.8 Å². The molecule has 0 saturated carbocycles. The second kappa shape index (κ2) is 5.77. The Morgan fingerprint density at radius 1 is 1.44 bits per heavy atom. The summed E-state index contributed by atoms with van der Waals surface area (Å²) in [6.45, 7) is 3.04. The maximum absolute atomic E-state index is 11.8. The van der Waals surface area contributed by atoms with Gasteiger partial charge in [-0.1, -0.05) is 6.07 Å². The van der Waals surface area contributed by atoms with Gasteiger partial charge in [0.1, 0.15) is 4.47 Å². The van der Waals surface area contributed by atoms with E-state index < -0.39 is 0 Å². The van der Waals surface area contributed by atoms with Gasteiger partial charge in [0, 0.05) is 25.5 Å². The first-order valence-electron chi connectivity index (χ1n) is 5.60. The number of nitrogens with one attached hydrogen (secondary N) is 1. The van der Waals surface area contributed by atoms with Crippen LogP contribution in [0.15, 0.2) is 40.0 Å². The molecule has 2 aromatic rings. The molecule has 94 valence electrons. The van der Waals surface area contributed by atoms with E-state index in [9.17, 15) is 4.79 Å². The molecule has 0 aliphatic rings. The van der Waals surface area contributed by atoms with Gasteiger partial charge in [0.05, 0.1) is 11.9 Å². The maximum atomic E-state index is 11.8. The van der Waals surface area contributed by atoms with E-state index in [4.69, 9.17) is 0 Å². The lowest BCUT2D eigenvalue weighted by atomic mass is 10.3. The molecule has 0 aliphatic carbocycles. The van der Waals surface area contributed by atoms with E-state index in [0.717, 1.165) is 5.56 Å². The van der Waals surface area contributed by atoms with Crippen LogP contribution in [-0.2, 0) is 13.1 Å². The Morgan fingerprint density at radius 3 is 2.94 bits per heavy atom. The second-order valence-corrected chi connectivity index (χ2v) is 4.50. The van der Waals surface area contributed by atoms with Crippen molar-refractivity contribution in [3.05, 3.63) is 51.1 Å². The van der Waals surface area contributed by atoms with Crippen LogP contribution in [0.4, 0.5) is 5.69 Å². The molecule has 18 heavy (non-hydrogen) atoms. The Hall–Kier alpha value is -1.69. The molecule has 0 fully saturated rings. The number of pyridine rings is 1. The van der Waals surface area contributed by atoms with Crippen molar-refractivity contribution in [3.8, 4) is 0 Å². The average Bonchev–Trinajstić information content (AvgIpc) is 2.42. The van der Waals surface area contributed by atoms with Gasteiger partial charge in [0.15, 0.2) is 0 Å². The van der Waals surface area contributed by atoms with Gasteiger partial charge in [-0.25, -0.2) is 4.68 Å². The summed E-state index contributed by atoms with van der Waals surface area (Å²) in [6, 6.07) is 3.84. The third-order valence-corrected chi connectivity index (χ3v) is 3.26. The minimum absolute atomic E-state index is 0.131. The van der Waals surface area contributed by atoms with Crippen molar-refractivity contribution < 1.29 is 0 Å². The lowest BCUT2D eigenvalue weighted by Gasteiger charge is -2.09. The van der Waals surface area contributed by atoms with Crippen molar-refractivity contribution in [1.29, 1.82) is 0 Å². The summed E-state index contributed by atoms with van der Waals surface area (Å²) in [4.78, 5) is 15.9. The minimum Gasteiger partial charge on any atom is -0.379 e. The summed E-state index contributed by atoms with van der Waals surface area (Å²) >= 11 is 3.29. The molecule has 2 heterocycles. The normalized spacial score (nSPS) is 10.3. The fourth-order valence-electron chi connectivity index (χ4n) is 1.51. The highest BCUT2D eigenvalue weighted by molar-refractivity contribution is 9.10. The summed E-state index contributed by atoms with van der Waals surface area (Å²) in [7, 11) is 0. The first kappa shape index (κ1) is 12.8. The maximum Gasteiger partial charge on any atom is 0.283 e. The summed E-state index contributed by atoms with van der Waals surface area (Å²) in [5.74, 6) is 0. The summed E-state index contributed by atoms with van der Waals surface area (Å²) in [5, 5.41) is 7.22. The predicted molar refractivity (Wildman–Crippen MR) is 73.4 cm³/mol. The molecule has 0 aromatic carbocycles. The molecule has 0 spiro atoms. The summed E-state index contributed by atoms with van der Waals surface area (Å²) < 4.78 is 1.91. The van der Waals surface area contributed by atoms with Crippen LogP contribution in [0.25, 0.3) is 0 Å². The lowest BCUT2D eigenvalue weighted by molar-refractivity contribution is 0.613. The van der Waals surface area contributed by atoms with Gasteiger partial charge in [-0.3, -0.25) is 9.78 Å². The number of aryl methyl sites for hydroxylation is 1. The van der Waals surface area contributed by atoms with Gasteiger partial charge in [-0.15, -0.1) is 0 Å². The van der Waals surface area contributed by atoms with Gasteiger partial charge in [-0.05, 0) is 34.5 Å². The Balaban J connectivity index is 2.16. The molecule has 0 bridgehead atoms. The molecule has 0 atom stereocenters. The van der Waals surface area contributed by atoms with Crippen LogP contribution < -0.4 is 10.9 Å². The molecule has 6 heteroatoms. The van der Waals surface area contributed by atoms with Crippen molar-refractivity contribution in [2.45, 2.75) is 20.0 Å². The number of hydrogen-bond acceptors (Lipinski definition) is 4. The molecule has 5 nitrogen and oxygen atoms in total. The zero-order valence-corrected chi connectivity index (χ0v) is 11.5. The predicted octanol–water partition coefficient (Wildman–Crippen LogP) is 2.03. The molecule has 2 rings (SSSR count). The Labute approximate surface area is 113 Å². The van der Waals surface area contributed by atoms with Gasteiger partial charge in [0.2, 0.25) is 0 Å². The average molecular weight is 309 g/mol. The van der Waals surface area contributed by atoms with E-state index in [1.807, 2.05) is 19.1 Å². The number of hydrogen-bond donors (Lipinski definition) is 1. The van der Waals surface area contributed by atoms with E-state index in [0.29, 0.717) is 23.2 Å². The van der Waals surface area contributed by atoms with Gasteiger partial charge in [-0.2, -0.15) is 5.10 Å². The number of rotatable bonds is 4. The number of nitrogens with zero attached hydrogens (tertiary/aromatic N) is 3. The Bertz CT molecular complexity index is 582. The molecular formula is C12H13BrN4O. The van der Waals surface area contributed by atoms with Crippen LogP contribution >= 0.6 is 15.9 Å². The van der Waals surface area contributed by atoms with Crippen molar-refractivity contribution in [3.63, 3.8) is 0 Å². The zero-order valence-electron chi connectivity index (χ0n) is 9.93. The van der Waals surface area contributed by atoms with Gasteiger partial charge < -0.3 is 5.32 Å². The number of aromatic nitrogens is 3. The fraction of sp³-hybridized carbons (Fsp3) is 0.250. The van der Waals surface area contributed by atoms with Crippen molar-refractivity contribution in [2.24, 2.45) is 0 Å². The molecule has 0 radical (unpaired) electrons. The van der Waals surface area contributed by atoms with Crippen LogP contribution in [0, 0.1) is 0 Å². The van der Waals surface area contributed by atoms with E-state index >= 15 is 0 Å². The van der Waals surface area contributed by atoms with Crippen LogP contribution in [0.5, 0.6) is 0 Å². The Morgan fingerprint density at radius 2 is 2.28 bits per heavy atom. The standard InChI is InChI=1S/C12H13BrN4O/c1-2-17-12(18)11(13)10(8-16-17)15-7-9-4-3-5-14-6-9/h3-6,8,15H,2,7H2,1H3. The molecule has 1 N–H and O–H groups in total. The van der Waals surface area contributed by atoms with Crippen molar-refractivity contribution in [2.75, 3.05) is 5.32 Å². The summed E-state index contributed by atoms with van der Waals surface area (Å²) in [6.07, 6.45) is 5.15. The van der Waals surface area contributed by atoms with E-state index in [2.05, 4.69) is 31.3 Å². The highest BCUT2D eigenvalue weighted by Crippen LogP contribution is 2.16. The monoisotopic (exact) mass is 308 g/mol. The molecule has 0 saturated heterocycles. The van der Waals surface area contributed by atoms with Gasteiger partial charge >= 0.3 is 0 Å². The minimum atomic E-state index is -0.131. The molecule has 0 unspecified atom stereocenters. The number of anilines is 1. The van der Waals surface area contributed by atoms with Crippen molar-refractivity contribution >= 4 is 21.6 Å². The topological polar surface area (TPSA) is 59.8 Å². The van der Waals surface area contributed by atoms with E-state index in [1.165, 1.54) is 4.68 Å². The van der Waals surface area contributed by atoms with E-state index in [-0.39, 0.29) is 5.56 Å².